The van der Waals surface area contributed by atoms with Crippen LogP contribution in [0.3, 0.4) is 0 Å². The lowest BCUT2D eigenvalue weighted by Crippen LogP contribution is -2.19. The Morgan fingerprint density at radius 1 is 1.44 bits per heavy atom. The lowest BCUT2D eigenvalue weighted by molar-refractivity contribution is 0.0596. The summed E-state index contributed by atoms with van der Waals surface area (Å²) in [6.07, 6.45) is 2.05. The van der Waals surface area contributed by atoms with Crippen molar-refractivity contribution >= 4 is 11.8 Å². The van der Waals surface area contributed by atoms with Gasteiger partial charge < -0.3 is 4.74 Å². The van der Waals surface area contributed by atoms with Crippen molar-refractivity contribution in [2.24, 2.45) is 0 Å². The molecule has 0 saturated heterocycles. The number of carbonyl (C=O) groups is 2. The second-order valence-electron chi connectivity index (χ2n) is 3.90. The molecule has 16 heavy (non-hydrogen) atoms. The van der Waals surface area contributed by atoms with Crippen LogP contribution in [0.4, 0.5) is 0 Å². The third-order valence-corrected chi connectivity index (χ3v) is 2.72. The predicted octanol–water partition coefficient (Wildman–Crippen LogP) is 1.70. The maximum atomic E-state index is 11.8. The van der Waals surface area contributed by atoms with E-state index < -0.39 is 5.97 Å². The van der Waals surface area contributed by atoms with E-state index in [-0.39, 0.29) is 5.78 Å². The number of rotatable bonds is 1. The Balaban J connectivity index is 2.63. The second-order valence-corrected chi connectivity index (χ2v) is 3.90. The van der Waals surface area contributed by atoms with E-state index in [0.717, 1.165) is 24.2 Å². The van der Waals surface area contributed by atoms with Crippen molar-refractivity contribution in [1.29, 1.82) is 0 Å². The standard InChI is InChI=1S/C12H13NO3/c1-7-6-8(12(15)16-2)11-9(13-7)4-3-5-10(11)14/h6H,3-5H2,1-2H3. The highest BCUT2D eigenvalue weighted by atomic mass is 16.5. The molecule has 0 N–H and O–H groups in total. The minimum atomic E-state index is -0.461. The van der Waals surface area contributed by atoms with E-state index in [1.807, 2.05) is 6.92 Å². The molecule has 0 aliphatic heterocycles. The summed E-state index contributed by atoms with van der Waals surface area (Å²) in [5.74, 6) is -0.467. The molecule has 0 amide bonds. The Morgan fingerprint density at radius 2 is 2.19 bits per heavy atom. The molecule has 1 aliphatic carbocycles. The smallest absolute Gasteiger partial charge is 0.338 e. The second kappa shape index (κ2) is 4.04. The fraction of sp³-hybridized carbons (Fsp3) is 0.417. The number of nitrogens with zero attached hydrogens (tertiary/aromatic N) is 1. The Hall–Kier alpha value is -1.71. The predicted molar refractivity (Wildman–Crippen MR) is 57.6 cm³/mol. The monoisotopic (exact) mass is 219 g/mol. The summed E-state index contributed by atoms with van der Waals surface area (Å²) in [5.41, 5.74) is 2.30. The summed E-state index contributed by atoms with van der Waals surface area (Å²) in [5, 5.41) is 0. The molecule has 1 heterocycles. The van der Waals surface area contributed by atoms with Crippen LogP contribution in [-0.4, -0.2) is 23.8 Å². The molecule has 4 heteroatoms. The Bertz CT molecular complexity index is 466. The Labute approximate surface area is 93.6 Å². The number of ether oxygens (including phenoxy) is 1. The van der Waals surface area contributed by atoms with Crippen LogP contribution in [0.2, 0.25) is 0 Å². The van der Waals surface area contributed by atoms with Crippen LogP contribution in [0.25, 0.3) is 0 Å². The van der Waals surface area contributed by atoms with E-state index in [2.05, 4.69) is 9.72 Å². The highest BCUT2D eigenvalue weighted by Gasteiger charge is 2.25. The lowest BCUT2D eigenvalue weighted by atomic mass is 9.90. The molecule has 1 aromatic heterocycles. The number of hydrogen-bond acceptors (Lipinski definition) is 4. The van der Waals surface area contributed by atoms with Crippen LogP contribution < -0.4 is 0 Å². The zero-order valence-electron chi connectivity index (χ0n) is 9.37. The number of hydrogen-bond donors (Lipinski definition) is 0. The number of carbonyl (C=O) groups excluding carboxylic acids is 2. The van der Waals surface area contributed by atoms with Gasteiger partial charge in [0.2, 0.25) is 0 Å². The summed E-state index contributed by atoms with van der Waals surface area (Å²) >= 11 is 0. The van der Waals surface area contributed by atoms with Gasteiger partial charge in [-0.2, -0.15) is 0 Å². The molecule has 84 valence electrons. The normalized spacial score (nSPS) is 14.5. The molecular weight excluding hydrogens is 206 g/mol. The number of fused-ring (bicyclic) bond motifs is 1. The molecule has 1 aliphatic rings. The van der Waals surface area contributed by atoms with Crippen LogP contribution in [0.1, 0.15) is 44.9 Å². The van der Waals surface area contributed by atoms with Gasteiger partial charge in [-0.3, -0.25) is 9.78 Å². The molecule has 0 bridgehead atoms. The van der Waals surface area contributed by atoms with Crippen LogP contribution in [0, 0.1) is 6.92 Å². The first-order valence-electron chi connectivity index (χ1n) is 5.25. The maximum absolute atomic E-state index is 11.8. The van der Waals surface area contributed by atoms with E-state index in [1.165, 1.54) is 7.11 Å². The number of esters is 1. The van der Waals surface area contributed by atoms with E-state index in [4.69, 9.17) is 0 Å². The molecule has 0 atom stereocenters. The first-order chi connectivity index (χ1) is 7.63. The summed E-state index contributed by atoms with van der Waals surface area (Å²) in [6.45, 7) is 1.81. The molecule has 0 saturated carbocycles. The highest BCUT2D eigenvalue weighted by molar-refractivity contribution is 6.07. The maximum Gasteiger partial charge on any atom is 0.338 e. The Kier molecular flexibility index (Phi) is 2.73. The molecular formula is C12H13NO3. The van der Waals surface area contributed by atoms with Gasteiger partial charge in [0.1, 0.15) is 0 Å². The fourth-order valence-corrected chi connectivity index (χ4v) is 2.04. The van der Waals surface area contributed by atoms with Crippen molar-refractivity contribution in [3.05, 3.63) is 28.6 Å². The number of methoxy groups -OCH3 is 1. The minimum Gasteiger partial charge on any atom is -0.465 e. The lowest BCUT2D eigenvalue weighted by Gasteiger charge is -2.17. The van der Waals surface area contributed by atoms with Crippen molar-refractivity contribution in [2.75, 3.05) is 7.11 Å². The number of aryl methyl sites for hydroxylation is 2. The third kappa shape index (κ3) is 1.71. The molecule has 1 aromatic rings. The van der Waals surface area contributed by atoms with Gasteiger partial charge in [0.25, 0.3) is 0 Å². The van der Waals surface area contributed by atoms with E-state index in [1.54, 1.807) is 6.07 Å². The van der Waals surface area contributed by atoms with Crippen molar-refractivity contribution in [3.8, 4) is 0 Å². The van der Waals surface area contributed by atoms with Gasteiger partial charge in [0.05, 0.1) is 23.9 Å². The van der Waals surface area contributed by atoms with Crippen LogP contribution >= 0.6 is 0 Å². The SMILES string of the molecule is COC(=O)c1cc(C)nc2c1C(=O)CCC2. The average Bonchev–Trinajstić information content (AvgIpc) is 2.27. The van der Waals surface area contributed by atoms with Gasteiger partial charge in [-0.15, -0.1) is 0 Å². The minimum absolute atomic E-state index is 0.00542. The summed E-state index contributed by atoms with van der Waals surface area (Å²) in [4.78, 5) is 27.7. The van der Waals surface area contributed by atoms with Crippen LogP contribution in [-0.2, 0) is 11.2 Å². The number of aromatic nitrogens is 1. The van der Waals surface area contributed by atoms with Gasteiger partial charge in [-0.1, -0.05) is 0 Å². The number of Topliss-reactive ketones (excluding diaryl/α,β-unsaturated/α-hetero) is 1. The number of pyridine rings is 1. The van der Waals surface area contributed by atoms with Crippen molar-refractivity contribution in [3.63, 3.8) is 0 Å². The van der Waals surface area contributed by atoms with E-state index in [9.17, 15) is 9.59 Å². The molecule has 0 radical (unpaired) electrons. The zero-order valence-corrected chi connectivity index (χ0v) is 9.37. The topological polar surface area (TPSA) is 56.3 Å². The molecule has 0 aromatic carbocycles. The van der Waals surface area contributed by atoms with Gasteiger partial charge in [-0.25, -0.2) is 4.79 Å². The quantitative estimate of drug-likeness (QED) is 0.674. The van der Waals surface area contributed by atoms with Crippen molar-refractivity contribution < 1.29 is 14.3 Å². The first-order valence-corrected chi connectivity index (χ1v) is 5.25. The molecule has 4 nitrogen and oxygen atoms in total. The molecule has 2 rings (SSSR count). The van der Waals surface area contributed by atoms with Gasteiger partial charge in [0, 0.05) is 12.1 Å². The summed E-state index contributed by atoms with van der Waals surface area (Å²) < 4.78 is 4.69. The molecule has 0 unspecified atom stereocenters. The van der Waals surface area contributed by atoms with Crippen molar-refractivity contribution in [2.45, 2.75) is 26.2 Å². The molecule has 0 spiro atoms. The van der Waals surface area contributed by atoms with Gasteiger partial charge >= 0.3 is 5.97 Å². The molecule has 0 fully saturated rings. The first kappa shape index (κ1) is 10.8. The van der Waals surface area contributed by atoms with E-state index in [0.29, 0.717) is 17.5 Å². The summed E-state index contributed by atoms with van der Waals surface area (Å²) in [6, 6.07) is 1.62. The Morgan fingerprint density at radius 3 is 2.88 bits per heavy atom. The largest absolute Gasteiger partial charge is 0.465 e. The van der Waals surface area contributed by atoms with E-state index >= 15 is 0 Å². The zero-order chi connectivity index (χ0) is 11.7. The summed E-state index contributed by atoms with van der Waals surface area (Å²) in [7, 11) is 1.32. The fourth-order valence-electron chi connectivity index (χ4n) is 2.04. The van der Waals surface area contributed by atoms with Gasteiger partial charge in [0.15, 0.2) is 5.78 Å². The van der Waals surface area contributed by atoms with Crippen LogP contribution in [0.15, 0.2) is 6.07 Å². The van der Waals surface area contributed by atoms with Crippen LogP contribution in [0.5, 0.6) is 0 Å². The highest BCUT2D eigenvalue weighted by Crippen LogP contribution is 2.24. The third-order valence-electron chi connectivity index (χ3n) is 2.72. The number of ketones is 1. The average molecular weight is 219 g/mol. The van der Waals surface area contributed by atoms with Gasteiger partial charge in [-0.05, 0) is 25.8 Å². The van der Waals surface area contributed by atoms with Crippen molar-refractivity contribution in [1.82, 2.24) is 4.98 Å².